The van der Waals surface area contributed by atoms with Crippen molar-refractivity contribution in [1.29, 1.82) is 0 Å². The molecule has 0 aliphatic carbocycles. The number of rotatable bonds is 3. The predicted octanol–water partition coefficient (Wildman–Crippen LogP) is 2.25. The molecule has 0 spiro atoms. The van der Waals surface area contributed by atoms with Gasteiger partial charge in [0.05, 0.1) is 7.11 Å². The number of fused-ring (bicyclic) bond motifs is 1. The molecular weight excluding hydrogens is 190 g/mol. The molecule has 0 radical (unpaired) electrons. The van der Waals surface area contributed by atoms with Gasteiger partial charge in [0.25, 0.3) is 0 Å². The van der Waals surface area contributed by atoms with E-state index in [1.165, 1.54) is 0 Å². The van der Waals surface area contributed by atoms with Gasteiger partial charge in [-0.1, -0.05) is 0 Å². The van der Waals surface area contributed by atoms with Gasteiger partial charge >= 0.3 is 0 Å². The third kappa shape index (κ3) is 1.70. The number of furan rings is 1. The van der Waals surface area contributed by atoms with Crippen LogP contribution in [0.25, 0.3) is 10.8 Å². The SMILES string of the molecule is COc1ccc2c(CCN)oc(C)c2c1. The Bertz CT molecular complexity index is 474. The van der Waals surface area contributed by atoms with Gasteiger partial charge in [0.2, 0.25) is 0 Å². The number of benzene rings is 1. The second kappa shape index (κ2) is 3.95. The van der Waals surface area contributed by atoms with Crippen LogP contribution in [0.2, 0.25) is 0 Å². The molecule has 3 heteroatoms. The van der Waals surface area contributed by atoms with Crippen molar-refractivity contribution < 1.29 is 9.15 Å². The van der Waals surface area contributed by atoms with E-state index in [4.69, 9.17) is 14.9 Å². The minimum absolute atomic E-state index is 0.605. The van der Waals surface area contributed by atoms with Gasteiger partial charge in [-0.3, -0.25) is 0 Å². The minimum Gasteiger partial charge on any atom is -0.497 e. The van der Waals surface area contributed by atoms with E-state index in [1.807, 2.05) is 25.1 Å². The highest BCUT2D eigenvalue weighted by Gasteiger charge is 2.10. The maximum absolute atomic E-state index is 5.67. The second-order valence-corrected chi connectivity index (χ2v) is 3.53. The van der Waals surface area contributed by atoms with Crippen molar-refractivity contribution in [2.75, 3.05) is 13.7 Å². The highest BCUT2D eigenvalue weighted by molar-refractivity contribution is 5.88. The zero-order chi connectivity index (χ0) is 10.8. The van der Waals surface area contributed by atoms with E-state index >= 15 is 0 Å². The fourth-order valence-corrected chi connectivity index (χ4v) is 1.80. The molecule has 1 aromatic heterocycles. The van der Waals surface area contributed by atoms with Crippen LogP contribution in [0, 0.1) is 6.92 Å². The number of hydrogen-bond donors (Lipinski definition) is 1. The zero-order valence-corrected chi connectivity index (χ0v) is 9.04. The van der Waals surface area contributed by atoms with Gasteiger partial charge in [0.1, 0.15) is 17.3 Å². The molecule has 2 N–H and O–H groups in total. The standard InChI is InChI=1S/C12H15NO2/c1-8-11-7-9(14-2)3-4-10(11)12(15-8)5-6-13/h3-4,7H,5-6,13H2,1-2H3. The lowest BCUT2D eigenvalue weighted by atomic mass is 10.1. The van der Waals surface area contributed by atoms with Crippen molar-refractivity contribution in [3.8, 4) is 5.75 Å². The molecule has 0 bridgehead atoms. The van der Waals surface area contributed by atoms with Gasteiger partial charge in [-0.15, -0.1) is 0 Å². The smallest absolute Gasteiger partial charge is 0.119 e. The van der Waals surface area contributed by atoms with E-state index < -0.39 is 0 Å². The van der Waals surface area contributed by atoms with Crippen molar-refractivity contribution in [2.45, 2.75) is 13.3 Å². The summed E-state index contributed by atoms with van der Waals surface area (Å²) in [5.41, 5.74) is 5.53. The van der Waals surface area contributed by atoms with Gasteiger partial charge in [0, 0.05) is 17.2 Å². The molecule has 2 aromatic rings. The highest BCUT2D eigenvalue weighted by Crippen LogP contribution is 2.29. The topological polar surface area (TPSA) is 48.4 Å². The maximum Gasteiger partial charge on any atom is 0.119 e. The fraction of sp³-hybridized carbons (Fsp3) is 0.333. The van der Waals surface area contributed by atoms with Crippen LogP contribution >= 0.6 is 0 Å². The molecule has 0 saturated heterocycles. The van der Waals surface area contributed by atoms with Crippen LogP contribution in [0.3, 0.4) is 0 Å². The van der Waals surface area contributed by atoms with Crippen LogP contribution in [0.1, 0.15) is 11.5 Å². The summed E-state index contributed by atoms with van der Waals surface area (Å²) in [5.74, 6) is 2.74. The van der Waals surface area contributed by atoms with Crippen molar-refractivity contribution >= 4 is 10.8 Å². The van der Waals surface area contributed by atoms with Crippen LogP contribution in [0.15, 0.2) is 22.6 Å². The molecular formula is C12H15NO2. The molecule has 0 saturated carbocycles. The van der Waals surface area contributed by atoms with Crippen LogP contribution < -0.4 is 10.5 Å². The molecule has 3 nitrogen and oxygen atoms in total. The lowest BCUT2D eigenvalue weighted by Crippen LogP contribution is -2.01. The van der Waals surface area contributed by atoms with Gasteiger partial charge in [-0.2, -0.15) is 0 Å². The Morgan fingerprint density at radius 2 is 2.13 bits per heavy atom. The molecule has 0 aliphatic rings. The first-order chi connectivity index (χ1) is 7.26. The minimum atomic E-state index is 0.605. The largest absolute Gasteiger partial charge is 0.497 e. The average Bonchev–Trinajstić information content (AvgIpc) is 2.56. The summed E-state index contributed by atoms with van der Waals surface area (Å²) in [6, 6.07) is 5.96. The Morgan fingerprint density at radius 1 is 1.33 bits per heavy atom. The number of methoxy groups -OCH3 is 1. The van der Waals surface area contributed by atoms with E-state index in [0.29, 0.717) is 6.54 Å². The Morgan fingerprint density at radius 3 is 2.80 bits per heavy atom. The first-order valence-electron chi connectivity index (χ1n) is 5.02. The first-order valence-corrected chi connectivity index (χ1v) is 5.02. The summed E-state index contributed by atoms with van der Waals surface area (Å²) >= 11 is 0. The molecule has 2 rings (SSSR count). The molecule has 0 fully saturated rings. The Balaban J connectivity index is 2.59. The summed E-state index contributed by atoms with van der Waals surface area (Å²) < 4.78 is 10.8. The molecule has 0 amide bonds. The monoisotopic (exact) mass is 205 g/mol. The fourth-order valence-electron chi connectivity index (χ4n) is 1.80. The average molecular weight is 205 g/mol. The Labute approximate surface area is 88.8 Å². The molecule has 15 heavy (non-hydrogen) atoms. The summed E-state index contributed by atoms with van der Waals surface area (Å²) in [6.45, 7) is 2.57. The van der Waals surface area contributed by atoms with E-state index in [2.05, 4.69) is 0 Å². The summed E-state index contributed by atoms with van der Waals surface area (Å²) in [6.07, 6.45) is 0.774. The third-order valence-electron chi connectivity index (χ3n) is 2.55. The van der Waals surface area contributed by atoms with Crippen LogP contribution in [0.4, 0.5) is 0 Å². The molecule has 1 heterocycles. The molecule has 0 atom stereocenters. The van der Waals surface area contributed by atoms with E-state index in [9.17, 15) is 0 Å². The summed E-state index contributed by atoms with van der Waals surface area (Å²) in [5, 5.41) is 2.25. The molecule has 0 aliphatic heterocycles. The van der Waals surface area contributed by atoms with Gasteiger partial charge in [0.15, 0.2) is 0 Å². The van der Waals surface area contributed by atoms with Crippen LogP contribution in [-0.2, 0) is 6.42 Å². The van der Waals surface area contributed by atoms with Crippen molar-refractivity contribution in [1.82, 2.24) is 0 Å². The Hall–Kier alpha value is -1.48. The van der Waals surface area contributed by atoms with E-state index in [1.54, 1.807) is 7.11 Å². The maximum atomic E-state index is 5.67. The lowest BCUT2D eigenvalue weighted by molar-refractivity contribution is 0.415. The molecule has 80 valence electrons. The van der Waals surface area contributed by atoms with Crippen LogP contribution in [-0.4, -0.2) is 13.7 Å². The number of ether oxygens (including phenoxy) is 1. The molecule has 0 unspecified atom stereocenters. The lowest BCUT2D eigenvalue weighted by Gasteiger charge is -1.99. The first kappa shape index (κ1) is 10.1. The van der Waals surface area contributed by atoms with Gasteiger partial charge in [-0.05, 0) is 31.7 Å². The van der Waals surface area contributed by atoms with E-state index in [0.717, 1.165) is 34.5 Å². The highest BCUT2D eigenvalue weighted by atomic mass is 16.5. The van der Waals surface area contributed by atoms with Crippen molar-refractivity contribution in [3.05, 3.63) is 29.7 Å². The van der Waals surface area contributed by atoms with E-state index in [-0.39, 0.29) is 0 Å². The zero-order valence-electron chi connectivity index (χ0n) is 9.04. The Kier molecular flexibility index (Phi) is 2.64. The summed E-state index contributed by atoms with van der Waals surface area (Å²) in [4.78, 5) is 0. The molecule has 1 aromatic carbocycles. The number of nitrogens with two attached hydrogens (primary N) is 1. The number of hydrogen-bond acceptors (Lipinski definition) is 3. The van der Waals surface area contributed by atoms with Crippen molar-refractivity contribution in [2.24, 2.45) is 5.73 Å². The second-order valence-electron chi connectivity index (χ2n) is 3.53. The summed E-state index contributed by atoms with van der Waals surface area (Å²) in [7, 11) is 1.66. The predicted molar refractivity (Wildman–Crippen MR) is 60.3 cm³/mol. The van der Waals surface area contributed by atoms with Gasteiger partial charge < -0.3 is 14.9 Å². The third-order valence-corrected chi connectivity index (χ3v) is 2.55. The van der Waals surface area contributed by atoms with Gasteiger partial charge in [-0.25, -0.2) is 0 Å². The quantitative estimate of drug-likeness (QED) is 0.836. The van der Waals surface area contributed by atoms with Crippen LogP contribution in [0.5, 0.6) is 5.75 Å². The number of aryl methyl sites for hydroxylation is 1. The van der Waals surface area contributed by atoms with Crippen molar-refractivity contribution in [3.63, 3.8) is 0 Å². The normalized spacial score (nSPS) is 10.9.